The third-order valence-corrected chi connectivity index (χ3v) is 3.90. The van der Waals surface area contributed by atoms with Crippen LogP contribution in [0, 0.1) is 0 Å². The van der Waals surface area contributed by atoms with Crippen molar-refractivity contribution in [3.05, 3.63) is 35.2 Å². The molecule has 1 unspecified atom stereocenters. The molecule has 3 rings (SSSR count). The number of nitrogens with zero attached hydrogens (tertiary/aromatic N) is 3. The maximum absolute atomic E-state index is 6.12. The number of likely N-dealkylation sites (tertiary alicyclic amines) is 1. The lowest BCUT2D eigenvalue weighted by atomic mass is 10.1. The van der Waals surface area contributed by atoms with E-state index in [4.69, 9.17) is 11.6 Å². The lowest BCUT2D eigenvalue weighted by molar-refractivity contribution is 0.308. The third kappa shape index (κ3) is 2.05. The van der Waals surface area contributed by atoms with E-state index < -0.39 is 0 Å². The van der Waals surface area contributed by atoms with Crippen LogP contribution in [-0.2, 0) is 6.42 Å². The van der Waals surface area contributed by atoms with Crippen LogP contribution < -0.4 is 0 Å². The molecule has 0 saturated carbocycles. The number of aromatic nitrogens is 2. The molecule has 1 fully saturated rings. The van der Waals surface area contributed by atoms with E-state index in [1.807, 2.05) is 22.7 Å². The van der Waals surface area contributed by atoms with Crippen molar-refractivity contribution in [3.8, 4) is 0 Å². The number of likely N-dealkylation sites (N-methyl/N-ethyl adjacent to an activating group) is 1. The largest absolute Gasteiger partial charge is 0.306 e. The standard InChI is InChI=1S/C13H16ClN3/c1-16-6-2-4-11(16)8-10-9-17-7-3-5-12(14)13(17)15-10/h3,5,7,9,11H,2,4,6,8H2,1H3. The van der Waals surface area contributed by atoms with Crippen molar-refractivity contribution in [3.63, 3.8) is 0 Å². The van der Waals surface area contributed by atoms with E-state index in [1.54, 1.807) is 0 Å². The summed E-state index contributed by atoms with van der Waals surface area (Å²) >= 11 is 6.12. The number of hydrogen-bond acceptors (Lipinski definition) is 2. The van der Waals surface area contributed by atoms with Crippen LogP contribution in [-0.4, -0.2) is 33.9 Å². The van der Waals surface area contributed by atoms with Gasteiger partial charge in [-0.05, 0) is 38.6 Å². The van der Waals surface area contributed by atoms with Crippen molar-refractivity contribution >= 4 is 17.2 Å². The summed E-state index contributed by atoms with van der Waals surface area (Å²) in [6, 6.07) is 4.47. The molecule has 0 bridgehead atoms. The van der Waals surface area contributed by atoms with Crippen LogP contribution in [0.4, 0.5) is 0 Å². The summed E-state index contributed by atoms with van der Waals surface area (Å²) in [5.74, 6) is 0. The van der Waals surface area contributed by atoms with Gasteiger partial charge in [0.05, 0.1) is 10.7 Å². The quantitative estimate of drug-likeness (QED) is 0.816. The molecule has 3 nitrogen and oxygen atoms in total. The van der Waals surface area contributed by atoms with Gasteiger partial charge < -0.3 is 9.30 Å². The summed E-state index contributed by atoms with van der Waals surface area (Å²) in [5.41, 5.74) is 2.00. The van der Waals surface area contributed by atoms with Gasteiger partial charge in [-0.25, -0.2) is 4.98 Å². The van der Waals surface area contributed by atoms with Crippen molar-refractivity contribution in [2.45, 2.75) is 25.3 Å². The Bertz CT molecular complexity index is 534. The fourth-order valence-corrected chi connectivity index (χ4v) is 2.82. The molecule has 1 aliphatic rings. The Morgan fingerprint density at radius 2 is 2.41 bits per heavy atom. The average molecular weight is 250 g/mol. The molecule has 2 aromatic heterocycles. The Labute approximate surface area is 106 Å². The Morgan fingerprint density at radius 1 is 1.53 bits per heavy atom. The fourth-order valence-electron chi connectivity index (χ4n) is 2.61. The number of pyridine rings is 1. The Morgan fingerprint density at radius 3 is 3.12 bits per heavy atom. The van der Waals surface area contributed by atoms with E-state index >= 15 is 0 Å². The van der Waals surface area contributed by atoms with E-state index in [0.29, 0.717) is 6.04 Å². The van der Waals surface area contributed by atoms with Gasteiger partial charge in [0.25, 0.3) is 0 Å². The zero-order chi connectivity index (χ0) is 11.8. The minimum Gasteiger partial charge on any atom is -0.306 e. The zero-order valence-corrected chi connectivity index (χ0v) is 10.7. The maximum atomic E-state index is 6.12. The van der Waals surface area contributed by atoms with Gasteiger partial charge >= 0.3 is 0 Å². The Kier molecular flexibility index (Phi) is 2.81. The van der Waals surface area contributed by atoms with Crippen molar-refractivity contribution in [1.29, 1.82) is 0 Å². The Hall–Kier alpha value is -1.06. The van der Waals surface area contributed by atoms with Crippen LogP contribution in [0.5, 0.6) is 0 Å². The van der Waals surface area contributed by atoms with Crippen molar-refractivity contribution in [2.75, 3.05) is 13.6 Å². The predicted octanol–water partition coefficient (Wildman–Crippen LogP) is 2.62. The van der Waals surface area contributed by atoms with Crippen LogP contribution in [0.15, 0.2) is 24.5 Å². The van der Waals surface area contributed by atoms with E-state index in [-0.39, 0.29) is 0 Å². The van der Waals surface area contributed by atoms with Crippen molar-refractivity contribution < 1.29 is 0 Å². The van der Waals surface area contributed by atoms with Crippen LogP contribution in [0.2, 0.25) is 5.02 Å². The molecular formula is C13H16ClN3. The number of fused-ring (bicyclic) bond motifs is 1. The molecule has 0 spiro atoms. The van der Waals surface area contributed by atoms with E-state index in [2.05, 4.69) is 23.1 Å². The molecule has 0 aromatic carbocycles. The smallest absolute Gasteiger partial charge is 0.155 e. The number of imidazole rings is 1. The van der Waals surface area contributed by atoms with Crippen LogP contribution >= 0.6 is 11.6 Å². The van der Waals surface area contributed by atoms with Crippen LogP contribution in [0.25, 0.3) is 5.65 Å². The van der Waals surface area contributed by atoms with Gasteiger partial charge in [0.15, 0.2) is 5.65 Å². The highest BCUT2D eigenvalue weighted by Gasteiger charge is 2.22. The van der Waals surface area contributed by atoms with Crippen LogP contribution in [0.3, 0.4) is 0 Å². The van der Waals surface area contributed by atoms with E-state index in [1.165, 1.54) is 19.4 Å². The lowest BCUT2D eigenvalue weighted by Gasteiger charge is -2.17. The Balaban J connectivity index is 1.88. The average Bonchev–Trinajstić information content (AvgIpc) is 2.87. The van der Waals surface area contributed by atoms with Crippen molar-refractivity contribution in [1.82, 2.24) is 14.3 Å². The van der Waals surface area contributed by atoms with Gasteiger partial charge in [-0.3, -0.25) is 0 Å². The molecule has 0 N–H and O–H groups in total. The third-order valence-electron chi connectivity index (χ3n) is 3.60. The second kappa shape index (κ2) is 4.31. The molecule has 3 heterocycles. The molecule has 90 valence electrons. The van der Waals surface area contributed by atoms with Gasteiger partial charge in [0, 0.05) is 24.9 Å². The molecule has 0 radical (unpaired) electrons. The first-order valence-electron chi connectivity index (χ1n) is 6.06. The minimum atomic E-state index is 0.638. The molecule has 1 saturated heterocycles. The molecular weight excluding hydrogens is 234 g/mol. The van der Waals surface area contributed by atoms with Gasteiger partial charge in [-0.2, -0.15) is 0 Å². The molecule has 0 amide bonds. The summed E-state index contributed by atoms with van der Waals surface area (Å²) in [6.07, 6.45) is 7.69. The highest BCUT2D eigenvalue weighted by atomic mass is 35.5. The van der Waals surface area contributed by atoms with Gasteiger partial charge in [-0.1, -0.05) is 11.6 Å². The molecule has 2 aromatic rings. The highest BCUT2D eigenvalue weighted by molar-refractivity contribution is 6.33. The van der Waals surface area contributed by atoms with E-state index in [9.17, 15) is 0 Å². The summed E-state index contributed by atoms with van der Waals surface area (Å²) in [6.45, 7) is 1.21. The zero-order valence-electron chi connectivity index (χ0n) is 9.93. The predicted molar refractivity (Wildman–Crippen MR) is 69.6 cm³/mol. The normalized spacial score (nSPS) is 21.4. The molecule has 17 heavy (non-hydrogen) atoms. The van der Waals surface area contributed by atoms with Crippen molar-refractivity contribution in [2.24, 2.45) is 0 Å². The summed E-state index contributed by atoms with van der Waals surface area (Å²) in [4.78, 5) is 7.04. The van der Waals surface area contributed by atoms with E-state index in [0.717, 1.165) is 22.8 Å². The lowest BCUT2D eigenvalue weighted by Crippen LogP contribution is -2.26. The molecule has 4 heteroatoms. The first-order chi connectivity index (χ1) is 8.24. The molecule has 1 aliphatic heterocycles. The van der Waals surface area contributed by atoms with Gasteiger partial charge in [0.1, 0.15) is 0 Å². The SMILES string of the molecule is CN1CCCC1Cc1cn2cccc(Cl)c2n1. The highest BCUT2D eigenvalue weighted by Crippen LogP contribution is 2.21. The monoisotopic (exact) mass is 249 g/mol. The van der Waals surface area contributed by atoms with Gasteiger partial charge in [-0.15, -0.1) is 0 Å². The first-order valence-corrected chi connectivity index (χ1v) is 6.44. The number of halogens is 1. The fraction of sp³-hybridized carbons (Fsp3) is 0.462. The number of rotatable bonds is 2. The summed E-state index contributed by atoms with van der Waals surface area (Å²) < 4.78 is 2.01. The van der Waals surface area contributed by atoms with Crippen LogP contribution in [0.1, 0.15) is 18.5 Å². The van der Waals surface area contributed by atoms with Gasteiger partial charge in [0.2, 0.25) is 0 Å². The summed E-state index contributed by atoms with van der Waals surface area (Å²) in [7, 11) is 2.19. The first kappa shape index (κ1) is 11.1. The second-order valence-electron chi connectivity index (χ2n) is 4.80. The maximum Gasteiger partial charge on any atom is 0.155 e. The molecule has 0 aliphatic carbocycles. The second-order valence-corrected chi connectivity index (χ2v) is 5.21. The topological polar surface area (TPSA) is 20.5 Å². The molecule has 1 atom stereocenters. The summed E-state index contributed by atoms with van der Waals surface area (Å²) in [5, 5.41) is 0.721. The number of hydrogen-bond donors (Lipinski definition) is 0. The minimum absolute atomic E-state index is 0.638.